The van der Waals surface area contributed by atoms with Gasteiger partial charge in [-0.05, 0) is 42.2 Å². The molecule has 0 unspecified atom stereocenters. The number of sulfone groups is 1. The quantitative estimate of drug-likeness (QED) is 0.514. The Hall–Kier alpha value is -3.53. The van der Waals surface area contributed by atoms with Gasteiger partial charge in [0.2, 0.25) is 0 Å². The Balaban J connectivity index is 1.31. The molecule has 1 saturated carbocycles. The number of rotatable bonds is 7. The summed E-state index contributed by atoms with van der Waals surface area (Å²) in [7, 11) is -3.44. The van der Waals surface area contributed by atoms with E-state index in [0.717, 1.165) is 24.0 Å². The van der Waals surface area contributed by atoms with Crippen molar-refractivity contribution >= 4 is 27.3 Å². The Morgan fingerprint density at radius 2 is 1.73 bits per heavy atom. The zero-order valence-electron chi connectivity index (χ0n) is 18.0. The second-order valence-corrected chi connectivity index (χ2v) is 10.3. The SMILES string of the molecule is O=C(NCc1ccc(Cn2cncn2)cc1)C(=O)Nc1cccc(S(=O)(=O)C2CCCC2)c1. The van der Waals surface area contributed by atoms with E-state index in [1.54, 1.807) is 23.1 Å². The minimum atomic E-state index is -3.44. The van der Waals surface area contributed by atoms with Gasteiger partial charge in [0.25, 0.3) is 0 Å². The number of carbonyl (C=O) groups is 2. The Bertz CT molecular complexity index is 1220. The van der Waals surface area contributed by atoms with Crippen molar-refractivity contribution in [2.24, 2.45) is 0 Å². The maximum Gasteiger partial charge on any atom is 0.313 e. The molecule has 2 N–H and O–H groups in total. The number of aromatic nitrogens is 3. The summed E-state index contributed by atoms with van der Waals surface area (Å²) < 4.78 is 27.3. The number of hydrogen-bond acceptors (Lipinski definition) is 6. The number of amides is 2. The van der Waals surface area contributed by atoms with Crippen LogP contribution < -0.4 is 10.6 Å². The molecule has 9 nitrogen and oxygen atoms in total. The van der Waals surface area contributed by atoms with Gasteiger partial charge in [-0.25, -0.2) is 18.1 Å². The first-order chi connectivity index (χ1) is 15.9. The molecule has 0 saturated heterocycles. The molecule has 2 aromatic carbocycles. The molecule has 0 radical (unpaired) electrons. The lowest BCUT2D eigenvalue weighted by Gasteiger charge is -2.12. The van der Waals surface area contributed by atoms with Gasteiger partial charge in [-0.1, -0.05) is 43.2 Å². The average Bonchev–Trinajstić information content (AvgIpc) is 3.53. The van der Waals surface area contributed by atoms with Gasteiger partial charge in [-0.15, -0.1) is 0 Å². The van der Waals surface area contributed by atoms with Gasteiger partial charge < -0.3 is 10.6 Å². The second-order valence-electron chi connectivity index (χ2n) is 8.03. The van der Waals surface area contributed by atoms with Crippen LogP contribution in [-0.4, -0.2) is 40.2 Å². The highest BCUT2D eigenvalue weighted by Gasteiger charge is 2.30. The van der Waals surface area contributed by atoms with E-state index in [4.69, 9.17) is 0 Å². The fourth-order valence-electron chi connectivity index (χ4n) is 3.86. The minimum absolute atomic E-state index is 0.165. The monoisotopic (exact) mass is 467 g/mol. The summed E-state index contributed by atoms with van der Waals surface area (Å²) in [4.78, 5) is 28.6. The Morgan fingerprint density at radius 1 is 1.00 bits per heavy atom. The highest BCUT2D eigenvalue weighted by Crippen LogP contribution is 2.30. The summed E-state index contributed by atoms with van der Waals surface area (Å²) in [6.45, 7) is 0.774. The smallest absolute Gasteiger partial charge is 0.313 e. The van der Waals surface area contributed by atoms with Crippen molar-refractivity contribution in [2.45, 2.75) is 48.9 Å². The molecule has 2 amide bonds. The van der Waals surface area contributed by atoms with Crippen molar-refractivity contribution in [3.05, 3.63) is 72.3 Å². The maximum absolute atomic E-state index is 12.8. The van der Waals surface area contributed by atoms with Crippen LogP contribution in [0, 0.1) is 0 Å². The highest BCUT2D eigenvalue weighted by molar-refractivity contribution is 7.92. The molecule has 33 heavy (non-hydrogen) atoms. The molecule has 1 heterocycles. The molecule has 0 aliphatic heterocycles. The molecule has 172 valence electrons. The highest BCUT2D eigenvalue weighted by atomic mass is 32.2. The summed E-state index contributed by atoms with van der Waals surface area (Å²) >= 11 is 0. The van der Waals surface area contributed by atoms with E-state index in [2.05, 4.69) is 20.7 Å². The van der Waals surface area contributed by atoms with Crippen molar-refractivity contribution in [3.8, 4) is 0 Å². The van der Waals surface area contributed by atoms with E-state index in [-0.39, 0.29) is 22.4 Å². The lowest BCUT2D eigenvalue weighted by molar-refractivity contribution is -0.136. The van der Waals surface area contributed by atoms with Gasteiger partial charge in [0, 0.05) is 12.2 Å². The molecule has 10 heteroatoms. The third-order valence-electron chi connectivity index (χ3n) is 5.65. The lowest BCUT2D eigenvalue weighted by atomic mass is 10.1. The van der Waals surface area contributed by atoms with Crippen molar-refractivity contribution in [1.82, 2.24) is 20.1 Å². The predicted molar refractivity (Wildman–Crippen MR) is 122 cm³/mol. The van der Waals surface area contributed by atoms with Crippen molar-refractivity contribution in [1.29, 1.82) is 0 Å². The largest absolute Gasteiger partial charge is 0.344 e. The summed E-state index contributed by atoms with van der Waals surface area (Å²) in [5, 5.41) is 8.74. The third-order valence-corrected chi connectivity index (χ3v) is 7.91. The van der Waals surface area contributed by atoms with Gasteiger partial charge in [-0.2, -0.15) is 5.10 Å². The van der Waals surface area contributed by atoms with Crippen LogP contribution in [0.5, 0.6) is 0 Å². The van der Waals surface area contributed by atoms with Gasteiger partial charge in [-0.3, -0.25) is 9.59 Å². The van der Waals surface area contributed by atoms with Crippen LogP contribution in [-0.2, 0) is 32.5 Å². The Labute approximate surface area is 192 Å². The minimum Gasteiger partial charge on any atom is -0.344 e. The molecule has 0 spiro atoms. The van der Waals surface area contributed by atoms with Crippen LogP contribution in [0.25, 0.3) is 0 Å². The Kier molecular flexibility index (Phi) is 6.83. The first-order valence-electron chi connectivity index (χ1n) is 10.8. The van der Waals surface area contributed by atoms with Crippen molar-refractivity contribution < 1.29 is 18.0 Å². The second kappa shape index (κ2) is 9.95. The fourth-order valence-corrected chi connectivity index (χ4v) is 5.75. The molecular formula is C23H25N5O4S. The number of benzene rings is 2. The topological polar surface area (TPSA) is 123 Å². The van der Waals surface area contributed by atoms with Gasteiger partial charge >= 0.3 is 11.8 Å². The van der Waals surface area contributed by atoms with Crippen LogP contribution in [0.3, 0.4) is 0 Å². The van der Waals surface area contributed by atoms with E-state index in [0.29, 0.717) is 19.4 Å². The summed E-state index contributed by atoms with van der Waals surface area (Å²) in [5.41, 5.74) is 2.13. The molecule has 4 rings (SSSR count). The Morgan fingerprint density at radius 3 is 2.42 bits per heavy atom. The van der Waals surface area contributed by atoms with Gasteiger partial charge in [0.05, 0.1) is 16.7 Å². The van der Waals surface area contributed by atoms with E-state index in [1.807, 2.05) is 24.3 Å². The molecular weight excluding hydrogens is 442 g/mol. The number of nitrogens with one attached hydrogen (secondary N) is 2. The van der Waals surface area contributed by atoms with E-state index < -0.39 is 21.7 Å². The summed E-state index contributed by atoms with van der Waals surface area (Å²) in [6, 6.07) is 13.6. The molecule has 1 aliphatic carbocycles. The molecule has 3 aromatic rings. The van der Waals surface area contributed by atoms with Crippen molar-refractivity contribution in [2.75, 3.05) is 5.32 Å². The number of nitrogens with zero attached hydrogens (tertiary/aromatic N) is 3. The van der Waals surface area contributed by atoms with Crippen LogP contribution in [0.4, 0.5) is 5.69 Å². The fraction of sp³-hybridized carbons (Fsp3) is 0.304. The molecule has 0 atom stereocenters. The van der Waals surface area contributed by atoms with E-state index >= 15 is 0 Å². The number of hydrogen-bond donors (Lipinski definition) is 2. The number of anilines is 1. The van der Waals surface area contributed by atoms with Gasteiger partial charge in [0.1, 0.15) is 12.7 Å². The average molecular weight is 468 g/mol. The van der Waals surface area contributed by atoms with Crippen LogP contribution in [0.15, 0.2) is 66.1 Å². The van der Waals surface area contributed by atoms with Crippen LogP contribution in [0.2, 0.25) is 0 Å². The first-order valence-corrected chi connectivity index (χ1v) is 12.3. The molecule has 0 bridgehead atoms. The lowest BCUT2D eigenvalue weighted by Crippen LogP contribution is -2.35. The van der Waals surface area contributed by atoms with E-state index in [9.17, 15) is 18.0 Å². The van der Waals surface area contributed by atoms with Crippen LogP contribution in [0.1, 0.15) is 36.8 Å². The molecule has 1 fully saturated rings. The third kappa shape index (κ3) is 5.64. The zero-order chi connectivity index (χ0) is 23.3. The standard InChI is InChI=1S/C23H25N5O4S/c29-22(25-13-17-8-10-18(11-9-17)14-28-16-24-15-26-28)23(30)27-19-4-3-7-21(12-19)33(31,32)20-5-1-2-6-20/h3-4,7-12,15-16,20H,1-2,5-6,13-14H2,(H,25,29)(H,27,30). The molecule has 1 aromatic heterocycles. The summed E-state index contributed by atoms with van der Waals surface area (Å²) in [5.74, 6) is -1.65. The summed E-state index contributed by atoms with van der Waals surface area (Å²) in [6.07, 6.45) is 6.23. The first kappa shape index (κ1) is 22.7. The van der Waals surface area contributed by atoms with Crippen molar-refractivity contribution in [3.63, 3.8) is 0 Å². The zero-order valence-corrected chi connectivity index (χ0v) is 18.8. The van der Waals surface area contributed by atoms with E-state index in [1.165, 1.54) is 18.5 Å². The maximum atomic E-state index is 12.8. The predicted octanol–water partition coefficient (Wildman–Crippen LogP) is 2.30. The molecule has 1 aliphatic rings. The van der Waals surface area contributed by atoms with Crippen LogP contribution >= 0.6 is 0 Å². The number of carbonyl (C=O) groups excluding carboxylic acids is 2. The normalized spacial score (nSPS) is 14.2. The van der Waals surface area contributed by atoms with Gasteiger partial charge in [0.15, 0.2) is 9.84 Å².